The largest absolute Gasteiger partial charge is 0.433 e. The van der Waals surface area contributed by atoms with Gasteiger partial charge in [0.05, 0.1) is 17.8 Å². The molecule has 84 valence electrons. The smallest absolute Gasteiger partial charge is 0.317 e. The standard InChI is InChI=1S/C10H8O6/c11-7-3-1-2-4(5(3)9(13)15-7)6-10(14-6)16-8(2)12/h2-6,10H,1H2. The lowest BCUT2D eigenvalue weighted by atomic mass is 9.84. The quantitative estimate of drug-likeness (QED) is 0.305. The van der Waals surface area contributed by atoms with Crippen LogP contribution in [0.3, 0.4) is 0 Å². The molecule has 0 aromatic carbocycles. The van der Waals surface area contributed by atoms with Crippen LogP contribution in [0, 0.1) is 23.7 Å². The van der Waals surface area contributed by atoms with E-state index in [1.54, 1.807) is 0 Å². The predicted octanol–water partition coefficient (Wildman–Crippen LogP) is -0.780. The molecule has 4 fully saturated rings. The maximum atomic E-state index is 11.6. The Kier molecular flexibility index (Phi) is 1.33. The summed E-state index contributed by atoms with van der Waals surface area (Å²) in [6.45, 7) is 0. The number of carbonyl (C=O) groups excluding carboxylic acids is 3. The summed E-state index contributed by atoms with van der Waals surface area (Å²) in [7, 11) is 0. The molecule has 0 aromatic rings. The van der Waals surface area contributed by atoms with Gasteiger partial charge in [0.15, 0.2) is 0 Å². The molecule has 1 saturated carbocycles. The van der Waals surface area contributed by atoms with Crippen LogP contribution < -0.4 is 0 Å². The molecule has 6 heteroatoms. The highest BCUT2D eigenvalue weighted by molar-refractivity contribution is 5.98. The Labute approximate surface area is 89.8 Å². The van der Waals surface area contributed by atoms with Crippen LogP contribution in [0.5, 0.6) is 0 Å². The molecule has 0 radical (unpaired) electrons. The molecule has 4 rings (SSSR count). The Morgan fingerprint density at radius 2 is 1.81 bits per heavy atom. The van der Waals surface area contributed by atoms with E-state index in [1.807, 2.05) is 0 Å². The molecule has 0 spiro atoms. The molecule has 3 saturated heterocycles. The first-order chi connectivity index (χ1) is 7.66. The van der Waals surface area contributed by atoms with Crippen molar-refractivity contribution in [3.05, 3.63) is 0 Å². The molecule has 16 heavy (non-hydrogen) atoms. The fourth-order valence-corrected chi connectivity index (χ4v) is 3.27. The van der Waals surface area contributed by atoms with Gasteiger partial charge in [0.2, 0.25) is 6.29 Å². The van der Waals surface area contributed by atoms with Crippen LogP contribution in [-0.4, -0.2) is 30.3 Å². The summed E-state index contributed by atoms with van der Waals surface area (Å²) in [5.41, 5.74) is 0. The fourth-order valence-electron chi connectivity index (χ4n) is 3.27. The minimum atomic E-state index is -0.508. The van der Waals surface area contributed by atoms with E-state index in [4.69, 9.17) is 9.47 Å². The fraction of sp³-hybridized carbons (Fsp3) is 0.700. The number of epoxide rings is 1. The van der Waals surface area contributed by atoms with Gasteiger partial charge in [0.25, 0.3) is 0 Å². The zero-order valence-electron chi connectivity index (χ0n) is 8.12. The van der Waals surface area contributed by atoms with Crippen LogP contribution in [0.1, 0.15) is 6.42 Å². The Morgan fingerprint density at radius 3 is 2.62 bits per heavy atom. The highest BCUT2D eigenvalue weighted by atomic mass is 16.8. The molecular weight excluding hydrogens is 216 g/mol. The lowest BCUT2D eigenvalue weighted by Gasteiger charge is -2.22. The van der Waals surface area contributed by atoms with Crippen LogP contribution >= 0.6 is 0 Å². The third kappa shape index (κ3) is 0.847. The summed E-state index contributed by atoms with van der Waals surface area (Å²) < 4.78 is 14.8. The first-order valence-electron chi connectivity index (χ1n) is 5.28. The maximum absolute atomic E-state index is 11.6. The summed E-state index contributed by atoms with van der Waals surface area (Å²) in [5, 5.41) is 0. The van der Waals surface area contributed by atoms with E-state index < -0.39 is 30.1 Å². The van der Waals surface area contributed by atoms with Crippen molar-refractivity contribution in [3.63, 3.8) is 0 Å². The number of esters is 3. The van der Waals surface area contributed by atoms with Crippen molar-refractivity contribution in [2.75, 3.05) is 0 Å². The molecule has 1 aliphatic carbocycles. The van der Waals surface area contributed by atoms with E-state index in [-0.39, 0.29) is 23.9 Å². The average Bonchev–Trinajstić information content (AvgIpc) is 2.78. The lowest BCUT2D eigenvalue weighted by Crippen LogP contribution is -2.37. The Bertz CT molecular complexity index is 429. The summed E-state index contributed by atoms with van der Waals surface area (Å²) in [6.07, 6.45) is -0.363. The number of hydrogen-bond donors (Lipinski definition) is 0. The van der Waals surface area contributed by atoms with Crippen LogP contribution in [0.4, 0.5) is 0 Å². The van der Waals surface area contributed by atoms with Gasteiger partial charge in [-0.1, -0.05) is 0 Å². The van der Waals surface area contributed by atoms with E-state index in [0.717, 1.165) is 0 Å². The van der Waals surface area contributed by atoms with Crippen LogP contribution in [-0.2, 0) is 28.6 Å². The number of carbonyl (C=O) groups is 3. The molecule has 6 nitrogen and oxygen atoms in total. The number of ether oxygens (including phenoxy) is 3. The second kappa shape index (κ2) is 2.45. The zero-order valence-corrected chi connectivity index (χ0v) is 8.12. The second-order valence-electron chi connectivity index (χ2n) is 4.70. The van der Waals surface area contributed by atoms with Crippen molar-refractivity contribution in [2.45, 2.75) is 18.8 Å². The monoisotopic (exact) mass is 224 g/mol. The predicted molar refractivity (Wildman–Crippen MR) is 44.4 cm³/mol. The summed E-state index contributed by atoms with van der Waals surface area (Å²) in [5.74, 6) is -2.94. The summed E-state index contributed by atoms with van der Waals surface area (Å²) in [4.78, 5) is 34.5. The van der Waals surface area contributed by atoms with Crippen molar-refractivity contribution in [3.8, 4) is 0 Å². The van der Waals surface area contributed by atoms with Crippen molar-refractivity contribution >= 4 is 17.9 Å². The molecule has 3 heterocycles. The Morgan fingerprint density at radius 1 is 1.00 bits per heavy atom. The second-order valence-corrected chi connectivity index (χ2v) is 4.70. The van der Waals surface area contributed by atoms with Crippen LogP contribution in [0.25, 0.3) is 0 Å². The molecule has 4 aliphatic rings. The first-order valence-corrected chi connectivity index (χ1v) is 5.28. The van der Waals surface area contributed by atoms with Gasteiger partial charge in [0, 0.05) is 5.92 Å². The Balaban J connectivity index is 1.76. The van der Waals surface area contributed by atoms with Gasteiger partial charge in [-0.2, -0.15) is 0 Å². The van der Waals surface area contributed by atoms with Gasteiger partial charge in [-0.25, -0.2) is 0 Å². The highest BCUT2D eigenvalue weighted by Crippen LogP contribution is 2.55. The number of fused-ring (bicyclic) bond motifs is 5. The van der Waals surface area contributed by atoms with E-state index >= 15 is 0 Å². The van der Waals surface area contributed by atoms with E-state index in [0.29, 0.717) is 6.42 Å². The average molecular weight is 224 g/mol. The molecule has 0 amide bonds. The van der Waals surface area contributed by atoms with Crippen molar-refractivity contribution < 1.29 is 28.6 Å². The van der Waals surface area contributed by atoms with Crippen molar-refractivity contribution in [1.82, 2.24) is 0 Å². The SMILES string of the molecule is O=C1OC(=O)C2C1CC1C(=O)OC3OC3C12. The lowest BCUT2D eigenvalue weighted by molar-refractivity contribution is -0.160. The molecule has 6 atom stereocenters. The third-order valence-electron chi connectivity index (χ3n) is 3.99. The van der Waals surface area contributed by atoms with Gasteiger partial charge < -0.3 is 14.2 Å². The van der Waals surface area contributed by atoms with Gasteiger partial charge in [-0.15, -0.1) is 0 Å². The molecule has 0 bridgehead atoms. The van der Waals surface area contributed by atoms with Crippen molar-refractivity contribution in [1.29, 1.82) is 0 Å². The van der Waals surface area contributed by atoms with Gasteiger partial charge in [-0.05, 0) is 6.42 Å². The molecular formula is C10H8O6. The van der Waals surface area contributed by atoms with Crippen LogP contribution in [0.2, 0.25) is 0 Å². The first kappa shape index (κ1) is 8.69. The van der Waals surface area contributed by atoms with Gasteiger partial charge in [-0.3, -0.25) is 14.4 Å². The van der Waals surface area contributed by atoms with Crippen LogP contribution in [0.15, 0.2) is 0 Å². The molecule has 6 unspecified atom stereocenters. The minimum absolute atomic E-state index is 0.212. The summed E-state index contributed by atoms with van der Waals surface area (Å²) in [6, 6.07) is 0. The van der Waals surface area contributed by atoms with Gasteiger partial charge >= 0.3 is 17.9 Å². The molecule has 0 aromatic heterocycles. The van der Waals surface area contributed by atoms with E-state index in [1.165, 1.54) is 0 Å². The topological polar surface area (TPSA) is 82.2 Å². The highest BCUT2D eigenvalue weighted by Gasteiger charge is 2.69. The minimum Gasteiger partial charge on any atom is -0.433 e. The zero-order chi connectivity index (χ0) is 11.0. The number of cyclic esters (lactones) is 2. The molecule has 3 aliphatic heterocycles. The van der Waals surface area contributed by atoms with E-state index in [9.17, 15) is 14.4 Å². The summed E-state index contributed by atoms with van der Waals surface area (Å²) >= 11 is 0. The number of hydrogen-bond acceptors (Lipinski definition) is 6. The normalized spacial score (nSPS) is 52.6. The third-order valence-corrected chi connectivity index (χ3v) is 3.99. The van der Waals surface area contributed by atoms with Crippen molar-refractivity contribution in [2.24, 2.45) is 23.7 Å². The maximum Gasteiger partial charge on any atom is 0.317 e. The Hall–Kier alpha value is -1.43. The number of rotatable bonds is 0. The molecule has 0 N–H and O–H groups in total. The van der Waals surface area contributed by atoms with E-state index in [2.05, 4.69) is 4.74 Å². The van der Waals surface area contributed by atoms with Gasteiger partial charge in [0.1, 0.15) is 6.10 Å².